The molecule has 1 aliphatic heterocycles. The van der Waals surface area contributed by atoms with E-state index >= 15 is 0 Å². The van der Waals surface area contributed by atoms with Gasteiger partial charge >= 0.3 is 0 Å². The zero-order valence-electron chi connectivity index (χ0n) is 78.9. The Bertz CT molecular complexity index is 9480. The number of fused-ring (bicyclic) bond motifs is 14. The highest BCUT2D eigenvalue weighted by molar-refractivity contribution is 7.14. The molecule has 0 saturated heterocycles. The third kappa shape index (κ3) is 14.2. The van der Waals surface area contributed by atoms with Gasteiger partial charge in [0.05, 0.1) is 55.5 Å². The van der Waals surface area contributed by atoms with E-state index in [0.29, 0.717) is 0 Å². The van der Waals surface area contributed by atoms with Crippen LogP contribution in [0.3, 0.4) is 0 Å². The summed E-state index contributed by atoms with van der Waals surface area (Å²) in [5, 5.41) is 20.5. The van der Waals surface area contributed by atoms with Gasteiger partial charge in [0.2, 0.25) is 0 Å². The van der Waals surface area contributed by atoms with Crippen molar-refractivity contribution in [2.75, 3.05) is 9.80 Å². The summed E-state index contributed by atoms with van der Waals surface area (Å²) < 4.78 is 9.78. The Morgan fingerprint density at radius 2 is 0.486 bits per heavy atom. The normalized spacial score (nSPS) is 12.4. The number of hydrogen-bond acceptors (Lipinski definition) is 5. The van der Waals surface area contributed by atoms with Gasteiger partial charge in [-0.1, -0.05) is 287 Å². The second kappa shape index (κ2) is 34.4. The Labute approximate surface area is 846 Å². The lowest BCUT2D eigenvalue weighted by Crippen LogP contribution is -2.30. The topological polar surface area (TPSA) is 26.2 Å². The molecule has 0 fully saturated rings. The molecule has 0 bridgehead atoms. The van der Waals surface area contributed by atoms with Crippen LogP contribution in [0.25, 0.3) is 221 Å². The van der Waals surface area contributed by atoms with Gasteiger partial charge in [0.25, 0.3) is 0 Å². The number of benzene rings is 20. The van der Waals surface area contributed by atoms with Gasteiger partial charge in [0.1, 0.15) is 0 Å². The van der Waals surface area contributed by atoms with E-state index in [0.717, 1.165) is 112 Å². The van der Waals surface area contributed by atoms with Gasteiger partial charge in [-0.3, -0.25) is 0 Å². The van der Waals surface area contributed by atoms with Crippen LogP contribution in [0, 0.1) is 0 Å². The van der Waals surface area contributed by atoms with Crippen molar-refractivity contribution in [2.45, 2.75) is 19.3 Å². The standard InChI is InChI=1S/C135H90N6S3/c1-135(2)122-25-13-16-28-131(122)141(132-29-17-14-26-123(132)135)112-64-71-130-121(84-112)120-82-101(55-70-129(120)139(130)107-22-10-5-11-23-107)102-50-65-115-117-79-98(100-54-69-128-119(81-100)118-80-99(53-68-127(118)138(128)106-20-8-4-9-21-106)97-51-66-125-116(78-97)114-24-12-15-27-124(114)137(125)105-18-6-3-7-19-105)52-67-126(117)140(133(115)83-102)111-62-48-96(49-63-111)134-113(74-77-144-134)95-40-38-89(39-41-95)92-46-60-110(61-47-92)136(108-56-42-90(43-57-108)87-30-34-93(35-31-87)103-72-75-142-85-103)109-58-44-91(45-59-109)88-32-36-94(37-33-88)104-73-76-143-86-104/h3-86H,1-2H3. The minimum Gasteiger partial charge on any atom is -0.311 e. The van der Waals surface area contributed by atoms with E-state index in [-0.39, 0.29) is 5.41 Å². The number of thiophene rings is 3. The maximum atomic E-state index is 2.51. The second-order valence-corrected chi connectivity index (χ2v) is 40.9. The molecule has 0 unspecified atom stereocenters. The van der Waals surface area contributed by atoms with E-state index in [4.69, 9.17) is 0 Å². The van der Waals surface area contributed by atoms with Crippen molar-refractivity contribution in [1.29, 1.82) is 0 Å². The molecule has 0 amide bonds. The van der Waals surface area contributed by atoms with Crippen LogP contribution in [0.2, 0.25) is 0 Å². The molecule has 1 aliphatic rings. The summed E-state index contributed by atoms with van der Waals surface area (Å²) in [7, 11) is 0. The lowest BCUT2D eigenvalue weighted by atomic mass is 9.73. The third-order valence-electron chi connectivity index (χ3n) is 30.0. The van der Waals surface area contributed by atoms with Gasteiger partial charge in [0.15, 0.2) is 0 Å². The lowest BCUT2D eigenvalue weighted by molar-refractivity contribution is 0.632. The van der Waals surface area contributed by atoms with Crippen molar-refractivity contribution in [3.05, 3.63) is 517 Å². The van der Waals surface area contributed by atoms with E-state index in [2.05, 4.69) is 548 Å². The van der Waals surface area contributed by atoms with E-state index in [9.17, 15) is 0 Å². The summed E-state index contributed by atoms with van der Waals surface area (Å²) in [6, 6.07) is 179. The zero-order valence-corrected chi connectivity index (χ0v) is 81.4. The average molecular weight is 1890 g/mol. The van der Waals surface area contributed by atoms with Gasteiger partial charge in [-0.05, 0) is 344 Å². The molecule has 678 valence electrons. The maximum Gasteiger partial charge on any atom is 0.0547 e. The smallest absolute Gasteiger partial charge is 0.0547 e. The van der Waals surface area contributed by atoms with Crippen molar-refractivity contribution < 1.29 is 0 Å². The number of nitrogens with zero attached hydrogens (tertiary/aromatic N) is 6. The molecule has 6 nitrogen and oxygen atoms in total. The first-order valence-electron chi connectivity index (χ1n) is 49.2. The third-order valence-corrected chi connectivity index (χ3v) is 32.3. The Balaban J connectivity index is 0.535. The molecule has 9 heteroatoms. The molecule has 144 heavy (non-hydrogen) atoms. The summed E-state index contributed by atoms with van der Waals surface area (Å²) in [5.74, 6) is 0. The maximum absolute atomic E-state index is 2.51. The van der Waals surface area contributed by atoms with Crippen LogP contribution >= 0.6 is 34.0 Å². The molecule has 0 radical (unpaired) electrons. The SMILES string of the molecule is CC1(C)c2ccccc2N(c2ccc3c(c2)c2cc(-c4ccc5c6cc(-c7ccc8c(c7)c7cc(-c9ccc%10c(c9)c9ccccc9n%10-c9ccccc9)ccc7n8-c7ccccc7)ccc6n(-c6ccc(-c7sccc7-c7ccc(-c8ccc(N(c9ccc(-c%10ccc(-c%11ccsc%11)cc%10)cc9)c9ccc(-c%10ccc(-c%11ccsc%11)cc%10)cc9)cc8)cc7)cc6)c5c4)ccc2n3-c2ccccc2)c2ccccc21. The molecule has 7 aromatic heterocycles. The Morgan fingerprint density at radius 3 is 0.896 bits per heavy atom. The number of rotatable bonds is 18. The number of aromatic nitrogens is 4. The largest absolute Gasteiger partial charge is 0.311 e. The summed E-state index contributed by atoms with van der Waals surface area (Å²) in [5.41, 5.74) is 45.4. The predicted octanol–water partition coefficient (Wildman–Crippen LogP) is 38.5. The molecular weight excluding hydrogens is 1800 g/mol. The molecule has 0 atom stereocenters. The van der Waals surface area contributed by atoms with E-state index in [1.165, 1.54) is 154 Å². The molecule has 27 aromatic rings. The number of anilines is 6. The van der Waals surface area contributed by atoms with Crippen molar-refractivity contribution in [1.82, 2.24) is 18.3 Å². The van der Waals surface area contributed by atoms with Crippen LogP contribution < -0.4 is 9.80 Å². The van der Waals surface area contributed by atoms with E-state index in [1.807, 2.05) is 0 Å². The fourth-order valence-electron chi connectivity index (χ4n) is 22.8. The van der Waals surface area contributed by atoms with Gasteiger partial charge in [-0.2, -0.15) is 22.7 Å². The van der Waals surface area contributed by atoms with Crippen LogP contribution in [-0.4, -0.2) is 18.3 Å². The van der Waals surface area contributed by atoms with Crippen molar-refractivity contribution in [3.8, 4) is 133 Å². The Hall–Kier alpha value is -17.7. The van der Waals surface area contributed by atoms with Crippen LogP contribution in [-0.2, 0) is 5.41 Å². The minimum atomic E-state index is -0.189. The fourth-order valence-corrected chi connectivity index (χ4v) is 25.1. The summed E-state index contributed by atoms with van der Waals surface area (Å²) in [4.78, 5) is 6.08. The van der Waals surface area contributed by atoms with E-state index in [1.54, 1.807) is 34.0 Å². The van der Waals surface area contributed by atoms with Crippen LogP contribution in [0.1, 0.15) is 25.0 Å². The molecule has 0 aliphatic carbocycles. The first kappa shape index (κ1) is 84.4. The summed E-state index contributed by atoms with van der Waals surface area (Å²) in [6.45, 7) is 4.72. The first-order valence-corrected chi connectivity index (χ1v) is 52.0. The lowest BCUT2D eigenvalue weighted by Gasteiger charge is -2.42. The zero-order chi connectivity index (χ0) is 95.2. The molecule has 28 rings (SSSR count). The second-order valence-electron chi connectivity index (χ2n) is 38.4. The molecule has 0 saturated carbocycles. The highest BCUT2D eigenvalue weighted by Gasteiger charge is 2.37. The van der Waals surface area contributed by atoms with Gasteiger partial charge in [0, 0.05) is 104 Å². The molecule has 20 aromatic carbocycles. The molecular formula is C135H90N6S3. The Kier molecular flexibility index (Phi) is 20.1. The highest BCUT2D eigenvalue weighted by atomic mass is 32.1. The van der Waals surface area contributed by atoms with E-state index < -0.39 is 0 Å². The minimum absolute atomic E-state index is 0.189. The summed E-state index contributed by atoms with van der Waals surface area (Å²) >= 11 is 5.25. The molecule has 8 heterocycles. The summed E-state index contributed by atoms with van der Waals surface area (Å²) in [6.07, 6.45) is 0. The van der Waals surface area contributed by atoms with Crippen LogP contribution in [0.5, 0.6) is 0 Å². The van der Waals surface area contributed by atoms with Crippen molar-refractivity contribution in [3.63, 3.8) is 0 Å². The van der Waals surface area contributed by atoms with Gasteiger partial charge in [-0.25, -0.2) is 0 Å². The van der Waals surface area contributed by atoms with Gasteiger partial charge in [-0.15, -0.1) is 11.3 Å². The molecule has 0 N–H and O–H groups in total. The average Bonchev–Trinajstić information content (AvgIpc) is 1.68. The van der Waals surface area contributed by atoms with Crippen molar-refractivity contribution >= 4 is 155 Å². The molecule has 0 spiro atoms. The fraction of sp³-hybridized carbons (Fsp3) is 0.0222. The Morgan fingerprint density at radius 1 is 0.194 bits per heavy atom. The van der Waals surface area contributed by atoms with Crippen LogP contribution in [0.4, 0.5) is 34.1 Å². The van der Waals surface area contributed by atoms with Crippen molar-refractivity contribution in [2.24, 2.45) is 0 Å². The number of para-hydroxylation sites is 6. The quantitative estimate of drug-likeness (QED) is 0.0856. The van der Waals surface area contributed by atoms with Gasteiger partial charge < -0.3 is 28.1 Å². The predicted molar refractivity (Wildman–Crippen MR) is 613 cm³/mol. The van der Waals surface area contributed by atoms with Crippen LogP contribution in [0.15, 0.2) is 506 Å². The monoisotopic (exact) mass is 1890 g/mol. The number of hydrogen-bond donors (Lipinski definition) is 0. The first-order chi connectivity index (χ1) is 71.1. The highest BCUT2D eigenvalue weighted by Crippen LogP contribution is 2.54.